The second-order valence-electron chi connectivity index (χ2n) is 5.49. The molecule has 0 aliphatic heterocycles. The van der Waals surface area contributed by atoms with Crippen LogP contribution < -0.4 is 10.1 Å². The molecule has 0 heterocycles. The average molecular weight is 348 g/mol. The Bertz CT molecular complexity index is 604. The maximum atomic E-state index is 5.27. The van der Waals surface area contributed by atoms with E-state index < -0.39 is 0 Å². The Morgan fingerprint density at radius 3 is 2.33 bits per heavy atom. The summed E-state index contributed by atoms with van der Waals surface area (Å²) in [7, 11) is 1.68. The Kier molecular flexibility index (Phi) is 5.43. The van der Waals surface area contributed by atoms with Crippen LogP contribution in [0.4, 0.5) is 0 Å². The van der Waals surface area contributed by atoms with Crippen LogP contribution in [0.25, 0.3) is 0 Å². The van der Waals surface area contributed by atoms with Crippen LogP contribution in [0.5, 0.6) is 5.75 Å². The zero-order valence-electron chi connectivity index (χ0n) is 13.0. The van der Waals surface area contributed by atoms with Crippen molar-refractivity contribution in [1.29, 1.82) is 0 Å². The molecule has 0 aliphatic rings. The summed E-state index contributed by atoms with van der Waals surface area (Å²) in [6.45, 7) is 7.32. The molecular weight excluding hydrogens is 326 g/mol. The molecule has 0 saturated heterocycles. The van der Waals surface area contributed by atoms with Crippen LogP contribution in [0.2, 0.25) is 0 Å². The van der Waals surface area contributed by atoms with Gasteiger partial charge in [0.1, 0.15) is 5.75 Å². The van der Waals surface area contributed by atoms with Crippen LogP contribution >= 0.6 is 15.9 Å². The molecule has 2 aromatic rings. The van der Waals surface area contributed by atoms with Gasteiger partial charge >= 0.3 is 0 Å². The van der Waals surface area contributed by atoms with Crippen molar-refractivity contribution in [2.45, 2.75) is 33.4 Å². The first-order chi connectivity index (χ1) is 9.99. The van der Waals surface area contributed by atoms with Gasteiger partial charge in [-0.2, -0.15) is 0 Å². The summed E-state index contributed by atoms with van der Waals surface area (Å²) < 4.78 is 6.26. The number of methoxy groups -OCH3 is 1. The fourth-order valence-corrected chi connectivity index (χ4v) is 3.07. The van der Waals surface area contributed by atoms with Gasteiger partial charge in [0.15, 0.2) is 0 Å². The minimum Gasteiger partial charge on any atom is -0.496 e. The topological polar surface area (TPSA) is 21.3 Å². The lowest BCUT2D eigenvalue weighted by Gasteiger charge is -2.16. The summed E-state index contributed by atoms with van der Waals surface area (Å²) in [5.41, 5.74) is 5.19. The number of nitrogens with one attached hydrogen (secondary N) is 1. The van der Waals surface area contributed by atoms with Crippen molar-refractivity contribution in [2.24, 2.45) is 0 Å². The van der Waals surface area contributed by atoms with Crippen molar-refractivity contribution in [3.8, 4) is 5.75 Å². The summed E-state index contributed by atoms with van der Waals surface area (Å²) in [5.74, 6) is 0.861. The zero-order valence-corrected chi connectivity index (χ0v) is 14.6. The fraction of sp³-hybridized carbons (Fsp3) is 0.333. The quantitative estimate of drug-likeness (QED) is 0.828. The predicted octanol–water partition coefficient (Wildman–Crippen LogP) is 4.93. The maximum Gasteiger partial charge on any atom is 0.133 e. The van der Waals surface area contributed by atoms with E-state index in [1.165, 1.54) is 22.3 Å². The first-order valence-electron chi connectivity index (χ1n) is 7.13. The van der Waals surface area contributed by atoms with Gasteiger partial charge in [0.05, 0.1) is 11.6 Å². The number of ether oxygens (including phenoxy) is 1. The minimum absolute atomic E-state index is 0.285. The van der Waals surface area contributed by atoms with Gasteiger partial charge in [0.25, 0.3) is 0 Å². The van der Waals surface area contributed by atoms with Gasteiger partial charge in [0.2, 0.25) is 0 Å². The van der Waals surface area contributed by atoms with Crippen molar-refractivity contribution >= 4 is 15.9 Å². The first-order valence-corrected chi connectivity index (χ1v) is 7.93. The number of halogens is 1. The number of aryl methyl sites for hydroxylation is 2. The van der Waals surface area contributed by atoms with Crippen LogP contribution in [0.1, 0.15) is 35.2 Å². The van der Waals surface area contributed by atoms with Gasteiger partial charge in [-0.15, -0.1) is 0 Å². The Morgan fingerprint density at radius 1 is 1.10 bits per heavy atom. The number of rotatable bonds is 5. The molecule has 0 amide bonds. The standard InChI is InChI=1S/C18H22BrNO/c1-12-7-13(2)9-15(8-12)11-20-14(3)16-5-6-18(21-4)17(19)10-16/h5-10,14,20H,11H2,1-4H3. The second kappa shape index (κ2) is 7.10. The summed E-state index contributed by atoms with van der Waals surface area (Å²) in [6.07, 6.45) is 0. The Balaban J connectivity index is 2.04. The van der Waals surface area contributed by atoms with E-state index in [4.69, 9.17) is 4.74 Å². The van der Waals surface area contributed by atoms with Gasteiger partial charge in [-0.05, 0) is 60.0 Å². The highest BCUT2D eigenvalue weighted by atomic mass is 79.9. The van der Waals surface area contributed by atoms with Crippen LogP contribution in [-0.2, 0) is 6.54 Å². The van der Waals surface area contributed by atoms with E-state index in [9.17, 15) is 0 Å². The molecule has 3 heteroatoms. The number of hydrogen-bond acceptors (Lipinski definition) is 2. The molecule has 2 nitrogen and oxygen atoms in total. The van der Waals surface area contributed by atoms with E-state index in [0.717, 1.165) is 16.8 Å². The van der Waals surface area contributed by atoms with E-state index in [-0.39, 0.29) is 6.04 Å². The van der Waals surface area contributed by atoms with Crippen molar-refractivity contribution in [3.63, 3.8) is 0 Å². The normalized spacial score (nSPS) is 12.2. The van der Waals surface area contributed by atoms with Gasteiger partial charge in [-0.25, -0.2) is 0 Å². The molecule has 2 rings (SSSR count). The maximum absolute atomic E-state index is 5.27. The zero-order chi connectivity index (χ0) is 15.4. The highest BCUT2D eigenvalue weighted by molar-refractivity contribution is 9.10. The molecule has 2 aromatic carbocycles. The lowest BCUT2D eigenvalue weighted by molar-refractivity contribution is 0.411. The predicted molar refractivity (Wildman–Crippen MR) is 91.9 cm³/mol. The van der Waals surface area contributed by atoms with Crippen molar-refractivity contribution < 1.29 is 4.74 Å². The van der Waals surface area contributed by atoms with Crippen LogP contribution in [0.15, 0.2) is 40.9 Å². The Hall–Kier alpha value is -1.32. The number of hydrogen-bond donors (Lipinski definition) is 1. The van der Waals surface area contributed by atoms with Crippen LogP contribution in [-0.4, -0.2) is 7.11 Å². The van der Waals surface area contributed by atoms with Crippen molar-refractivity contribution in [3.05, 3.63) is 63.1 Å². The molecule has 1 N–H and O–H groups in total. The molecule has 0 radical (unpaired) electrons. The third-order valence-electron chi connectivity index (χ3n) is 3.57. The van der Waals surface area contributed by atoms with Crippen LogP contribution in [0, 0.1) is 13.8 Å². The lowest BCUT2D eigenvalue weighted by atomic mass is 10.1. The third kappa shape index (κ3) is 4.32. The van der Waals surface area contributed by atoms with Gasteiger partial charge in [-0.3, -0.25) is 0 Å². The molecular formula is C18H22BrNO. The van der Waals surface area contributed by atoms with E-state index in [2.05, 4.69) is 72.3 Å². The molecule has 0 bridgehead atoms. The highest BCUT2D eigenvalue weighted by Gasteiger charge is 2.08. The van der Waals surface area contributed by atoms with Crippen molar-refractivity contribution in [2.75, 3.05) is 7.11 Å². The largest absolute Gasteiger partial charge is 0.496 e. The fourth-order valence-electron chi connectivity index (χ4n) is 2.51. The SMILES string of the molecule is COc1ccc(C(C)NCc2cc(C)cc(C)c2)cc1Br. The van der Waals surface area contributed by atoms with Gasteiger partial charge < -0.3 is 10.1 Å². The van der Waals surface area contributed by atoms with Gasteiger partial charge in [0, 0.05) is 12.6 Å². The Morgan fingerprint density at radius 2 is 1.76 bits per heavy atom. The molecule has 21 heavy (non-hydrogen) atoms. The molecule has 1 atom stereocenters. The molecule has 112 valence electrons. The molecule has 0 saturated carbocycles. The number of benzene rings is 2. The molecule has 0 aromatic heterocycles. The van der Waals surface area contributed by atoms with E-state index >= 15 is 0 Å². The molecule has 0 aliphatic carbocycles. The Labute approximate surface area is 135 Å². The third-order valence-corrected chi connectivity index (χ3v) is 4.19. The summed E-state index contributed by atoms with van der Waals surface area (Å²) in [6, 6.07) is 13.2. The monoisotopic (exact) mass is 347 g/mol. The first kappa shape index (κ1) is 16.1. The van der Waals surface area contributed by atoms with Crippen LogP contribution in [0.3, 0.4) is 0 Å². The van der Waals surface area contributed by atoms with Gasteiger partial charge in [-0.1, -0.05) is 35.4 Å². The highest BCUT2D eigenvalue weighted by Crippen LogP contribution is 2.28. The minimum atomic E-state index is 0.285. The second-order valence-corrected chi connectivity index (χ2v) is 6.35. The summed E-state index contributed by atoms with van der Waals surface area (Å²) in [4.78, 5) is 0. The van der Waals surface area contributed by atoms with Crippen molar-refractivity contribution in [1.82, 2.24) is 5.32 Å². The average Bonchev–Trinajstić information content (AvgIpc) is 2.43. The van der Waals surface area contributed by atoms with E-state index in [0.29, 0.717) is 0 Å². The lowest BCUT2D eigenvalue weighted by Crippen LogP contribution is -2.18. The smallest absolute Gasteiger partial charge is 0.133 e. The molecule has 0 fully saturated rings. The van der Waals surface area contributed by atoms with E-state index in [1.807, 2.05) is 6.07 Å². The molecule has 1 unspecified atom stereocenters. The summed E-state index contributed by atoms with van der Waals surface area (Å²) >= 11 is 3.54. The summed E-state index contributed by atoms with van der Waals surface area (Å²) in [5, 5.41) is 3.57. The van der Waals surface area contributed by atoms with E-state index in [1.54, 1.807) is 7.11 Å². The molecule has 0 spiro atoms.